The van der Waals surface area contributed by atoms with Crippen LogP contribution in [0.15, 0.2) is 29.8 Å². The molecule has 0 aliphatic carbocycles. The molecule has 102 valence electrons. The number of nitrogens with one attached hydrogen (secondary N) is 1. The van der Waals surface area contributed by atoms with Crippen molar-refractivity contribution in [3.05, 3.63) is 50.5 Å². The average Bonchev–Trinajstić information content (AvgIpc) is 2.92. The van der Waals surface area contributed by atoms with Gasteiger partial charge in [0.2, 0.25) is 0 Å². The molecule has 0 unspecified atom stereocenters. The van der Waals surface area contributed by atoms with Crippen molar-refractivity contribution < 1.29 is 4.92 Å². The van der Waals surface area contributed by atoms with Gasteiger partial charge in [0.1, 0.15) is 22.3 Å². The molecule has 1 heterocycles. The summed E-state index contributed by atoms with van der Waals surface area (Å²) in [7, 11) is 0. The van der Waals surface area contributed by atoms with Gasteiger partial charge in [0.15, 0.2) is 0 Å². The highest BCUT2D eigenvalue weighted by Gasteiger charge is 2.28. The number of hydrogen-bond acceptors (Lipinski definition) is 6. The molecule has 0 spiro atoms. The molecule has 7 heteroatoms. The Labute approximate surface area is 119 Å². The van der Waals surface area contributed by atoms with E-state index >= 15 is 0 Å². The van der Waals surface area contributed by atoms with Gasteiger partial charge in [0, 0.05) is 11.6 Å². The molecule has 0 aliphatic rings. The summed E-state index contributed by atoms with van der Waals surface area (Å²) in [5.41, 5.74) is -0.420. The molecule has 0 fully saturated rings. The first kappa shape index (κ1) is 14.0. The van der Waals surface area contributed by atoms with E-state index in [0.29, 0.717) is 5.69 Å². The van der Waals surface area contributed by atoms with Crippen LogP contribution < -0.4 is 5.32 Å². The van der Waals surface area contributed by atoms with Crippen molar-refractivity contribution in [2.75, 3.05) is 5.32 Å². The third-order valence-electron chi connectivity index (χ3n) is 2.75. The van der Waals surface area contributed by atoms with E-state index in [1.165, 1.54) is 17.4 Å². The number of hydrogen-bond donors (Lipinski definition) is 1. The van der Waals surface area contributed by atoms with E-state index in [0.717, 1.165) is 5.01 Å². The second-order valence-electron chi connectivity index (χ2n) is 4.66. The van der Waals surface area contributed by atoms with Gasteiger partial charge in [-0.1, -0.05) is 6.07 Å². The maximum atomic E-state index is 11.2. The number of aromatic nitrogens is 1. The second-order valence-corrected chi connectivity index (χ2v) is 5.55. The number of anilines is 1. The van der Waals surface area contributed by atoms with Crippen LogP contribution in [0.4, 0.5) is 11.4 Å². The fourth-order valence-corrected chi connectivity index (χ4v) is 2.57. The van der Waals surface area contributed by atoms with Crippen LogP contribution in [0.1, 0.15) is 24.4 Å². The van der Waals surface area contributed by atoms with Gasteiger partial charge in [-0.2, -0.15) is 5.26 Å². The van der Waals surface area contributed by atoms with E-state index in [4.69, 9.17) is 5.26 Å². The Kier molecular flexibility index (Phi) is 3.68. The van der Waals surface area contributed by atoms with E-state index in [-0.39, 0.29) is 11.3 Å². The van der Waals surface area contributed by atoms with Gasteiger partial charge in [-0.25, -0.2) is 4.98 Å². The van der Waals surface area contributed by atoms with Crippen LogP contribution in [0.3, 0.4) is 0 Å². The van der Waals surface area contributed by atoms with Crippen molar-refractivity contribution in [3.8, 4) is 6.07 Å². The Morgan fingerprint density at radius 2 is 2.25 bits per heavy atom. The summed E-state index contributed by atoms with van der Waals surface area (Å²) in [4.78, 5) is 14.9. The number of nitro groups is 1. The first-order valence-electron chi connectivity index (χ1n) is 5.81. The fourth-order valence-electron chi connectivity index (χ4n) is 1.85. The summed E-state index contributed by atoms with van der Waals surface area (Å²) in [6, 6.07) is 6.48. The lowest BCUT2D eigenvalue weighted by atomic mass is 10.0. The zero-order valence-electron chi connectivity index (χ0n) is 11.0. The van der Waals surface area contributed by atoms with Gasteiger partial charge in [-0.3, -0.25) is 10.1 Å². The summed E-state index contributed by atoms with van der Waals surface area (Å²) < 4.78 is 0. The number of para-hydroxylation sites is 1. The van der Waals surface area contributed by atoms with Gasteiger partial charge < -0.3 is 5.32 Å². The molecular weight excluding hydrogens is 276 g/mol. The standard InChI is InChI=1S/C13H12N4O2S/c1-13(2,12-15-6-7-20-12)16-10-5-3-4-9(8-14)11(10)17(18)19/h3-7,16H,1-2H3. The average molecular weight is 288 g/mol. The molecule has 0 amide bonds. The minimum atomic E-state index is -0.562. The number of benzene rings is 1. The maximum absolute atomic E-state index is 11.2. The quantitative estimate of drug-likeness (QED) is 0.688. The van der Waals surface area contributed by atoms with Crippen molar-refractivity contribution in [1.29, 1.82) is 5.26 Å². The zero-order chi connectivity index (χ0) is 14.8. The maximum Gasteiger partial charge on any atom is 0.309 e. The molecular formula is C13H12N4O2S. The monoisotopic (exact) mass is 288 g/mol. The number of nitro benzene ring substituents is 1. The SMILES string of the molecule is CC(C)(Nc1cccc(C#N)c1[N+](=O)[O-])c1nccs1. The molecule has 0 radical (unpaired) electrons. The smallest absolute Gasteiger partial charge is 0.309 e. The van der Waals surface area contributed by atoms with E-state index in [1.807, 2.05) is 25.3 Å². The summed E-state index contributed by atoms with van der Waals surface area (Å²) in [5, 5.41) is 25.9. The number of thiazole rings is 1. The molecule has 20 heavy (non-hydrogen) atoms. The summed E-state index contributed by atoms with van der Waals surface area (Å²) in [6.07, 6.45) is 1.68. The van der Waals surface area contributed by atoms with Gasteiger partial charge in [0.25, 0.3) is 0 Å². The predicted octanol–water partition coefficient (Wildman–Crippen LogP) is 3.27. The van der Waals surface area contributed by atoms with E-state index in [2.05, 4.69) is 10.3 Å². The van der Waals surface area contributed by atoms with Crippen molar-refractivity contribution in [1.82, 2.24) is 4.98 Å². The first-order chi connectivity index (χ1) is 9.45. The van der Waals surface area contributed by atoms with Crippen molar-refractivity contribution in [2.45, 2.75) is 19.4 Å². The first-order valence-corrected chi connectivity index (χ1v) is 6.69. The third kappa shape index (κ3) is 2.60. The number of nitriles is 1. The summed E-state index contributed by atoms with van der Waals surface area (Å²) in [5.74, 6) is 0. The molecule has 1 aromatic heterocycles. The predicted molar refractivity (Wildman–Crippen MR) is 76.6 cm³/mol. The lowest BCUT2D eigenvalue weighted by molar-refractivity contribution is -0.384. The Balaban J connectivity index is 2.45. The summed E-state index contributed by atoms with van der Waals surface area (Å²) >= 11 is 1.46. The van der Waals surface area contributed by atoms with Gasteiger partial charge in [-0.05, 0) is 26.0 Å². The highest BCUT2D eigenvalue weighted by Crippen LogP contribution is 2.34. The number of rotatable bonds is 4. The molecule has 0 bridgehead atoms. The van der Waals surface area contributed by atoms with Crippen LogP contribution in [0.5, 0.6) is 0 Å². The zero-order valence-corrected chi connectivity index (χ0v) is 11.8. The Hall–Kier alpha value is -2.46. The van der Waals surface area contributed by atoms with Crippen LogP contribution in [0, 0.1) is 21.4 Å². The molecule has 0 saturated heterocycles. The second kappa shape index (κ2) is 5.27. The molecule has 0 atom stereocenters. The van der Waals surface area contributed by atoms with Crippen LogP contribution in [0.2, 0.25) is 0 Å². The molecule has 0 saturated carbocycles. The van der Waals surface area contributed by atoms with Crippen LogP contribution in [-0.2, 0) is 5.54 Å². The molecule has 2 rings (SSSR count). The highest BCUT2D eigenvalue weighted by atomic mass is 32.1. The van der Waals surface area contributed by atoms with Crippen molar-refractivity contribution in [3.63, 3.8) is 0 Å². The van der Waals surface area contributed by atoms with Gasteiger partial charge in [0.05, 0.1) is 10.5 Å². The largest absolute Gasteiger partial charge is 0.368 e. The highest BCUT2D eigenvalue weighted by molar-refractivity contribution is 7.09. The van der Waals surface area contributed by atoms with E-state index < -0.39 is 10.5 Å². The van der Waals surface area contributed by atoms with Gasteiger partial charge >= 0.3 is 5.69 Å². The van der Waals surface area contributed by atoms with Crippen molar-refractivity contribution >= 4 is 22.7 Å². The van der Waals surface area contributed by atoms with Crippen LogP contribution in [-0.4, -0.2) is 9.91 Å². The molecule has 2 aromatic rings. The molecule has 1 aromatic carbocycles. The van der Waals surface area contributed by atoms with Crippen LogP contribution in [0.25, 0.3) is 0 Å². The van der Waals surface area contributed by atoms with Crippen LogP contribution >= 0.6 is 11.3 Å². The lowest BCUT2D eigenvalue weighted by Crippen LogP contribution is -2.28. The molecule has 6 nitrogen and oxygen atoms in total. The Morgan fingerprint density at radius 3 is 2.80 bits per heavy atom. The minimum Gasteiger partial charge on any atom is -0.368 e. The lowest BCUT2D eigenvalue weighted by Gasteiger charge is -2.25. The van der Waals surface area contributed by atoms with E-state index in [9.17, 15) is 10.1 Å². The number of nitrogens with zero attached hydrogens (tertiary/aromatic N) is 3. The van der Waals surface area contributed by atoms with E-state index in [1.54, 1.807) is 18.3 Å². The fraction of sp³-hybridized carbons (Fsp3) is 0.231. The molecule has 1 N–H and O–H groups in total. The van der Waals surface area contributed by atoms with Gasteiger partial charge in [-0.15, -0.1) is 11.3 Å². The Morgan fingerprint density at radius 1 is 1.50 bits per heavy atom. The Bertz CT molecular complexity index is 674. The molecule has 0 aliphatic heterocycles. The minimum absolute atomic E-state index is 0.0370. The third-order valence-corrected chi connectivity index (χ3v) is 3.85. The topological polar surface area (TPSA) is 91.8 Å². The van der Waals surface area contributed by atoms with Crippen molar-refractivity contribution in [2.24, 2.45) is 0 Å². The summed E-state index contributed by atoms with van der Waals surface area (Å²) in [6.45, 7) is 3.77. The normalized spacial score (nSPS) is 10.8.